The Morgan fingerprint density at radius 1 is 1.07 bits per heavy atom. The van der Waals surface area contributed by atoms with E-state index in [0.29, 0.717) is 28.9 Å². The lowest BCUT2D eigenvalue weighted by Gasteiger charge is -2.39. The van der Waals surface area contributed by atoms with E-state index in [1.54, 1.807) is 37.4 Å². The Morgan fingerprint density at radius 2 is 1.68 bits per heavy atom. The maximum absolute atomic E-state index is 14.3. The Morgan fingerprint density at radius 3 is 2.17 bits per heavy atom. The average molecular weight is 680 g/mol. The fraction of sp³-hybridized carbons (Fsp3) is 0.533. The zero-order chi connectivity index (χ0) is 30.2. The molecule has 0 aliphatic carbocycles. The maximum Gasteiger partial charge on any atom is 0.495 e. The van der Waals surface area contributed by atoms with Crippen molar-refractivity contribution in [2.45, 2.75) is 89.7 Å². The third-order valence-electron chi connectivity index (χ3n) is 7.96. The molecule has 1 fully saturated rings. The van der Waals surface area contributed by atoms with Crippen LogP contribution in [0.25, 0.3) is 0 Å². The first kappa shape index (κ1) is 32.6. The van der Waals surface area contributed by atoms with Crippen LogP contribution in [0.1, 0.15) is 97.4 Å². The molecular formula is C30H41BBr2N2O5. The maximum atomic E-state index is 14.3. The molecule has 0 radical (unpaired) electrons. The van der Waals surface area contributed by atoms with Crippen LogP contribution in [0.4, 0.5) is 0 Å². The van der Waals surface area contributed by atoms with Crippen LogP contribution in [-0.2, 0) is 9.31 Å². The lowest BCUT2D eigenvalue weighted by atomic mass is 9.75. The summed E-state index contributed by atoms with van der Waals surface area (Å²) >= 11 is 7.22. The summed E-state index contributed by atoms with van der Waals surface area (Å²) < 4.78 is 17.9. The van der Waals surface area contributed by atoms with E-state index in [1.165, 1.54) is 5.01 Å². The second-order valence-corrected chi connectivity index (χ2v) is 15.3. The molecule has 1 saturated heterocycles. The summed E-state index contributed by atoms with van der Waals surface area (Å²) in [5, 5.41) is 1.48. The van der Waals surface area contributed by atoms with Crippen molar-refractivity contribution in [1.29, 1.82) is 0 Å². The van der Waals surface area contributed by atoms with Gasteiger partial charge in [0.25, 0.3) is 11.8 Å². The van der Waals surface area contributed by atoms with E-state index in [9.17, 15) is 9.59 Å². The fourth-order valence-corrected chi connectivity index (χ4v) is 5.76. The minimum Gasteiger partial charge on any atom is -0.496 e. The summed E-state index contributed by atoms with van der Waals surface area (Å²) in [6.45, 7) is 18.0. The molecule has 2 aromatic carbocycles. The van der Waals surface area contributed by atoms with Crippen molar-refractivity contribution in [2.24, 2.45) is 5.41 Å². The molecule has 1 heterocycles. The molecule has 2 aromatic rings. The minimum absolute atomic E-state index is 0.178. The molecular weight excluding hydrogens is 639 g/mol. The zero-order valence-corrected chi connectivity index (χ0v) is 28.3. The van der Waals surface area contributed by atoms with E-state index in [4.69, 9.17) is 14.0 Å². The van der Waals surface area contributed by atoms with E-state index in [-0.39, 0.29) is 27.0 Å². The molecule has 7 nitrogen and oxygen atoms in total. The molecule has 3 rings (SSSR count). The average Bonchev–Trinajstić information content (AvgIpc) is 3.08. The first-order valence-corrected chi connectivity index (χ1v) is 15.3. The number of hydrogen-bond acceptors (Lipinski definition) is 5. The molecule has 0 aromatic heterocycles. The monoisotopic (exact) mass is 678 g/mol. The Balaban J connectivity index is 2.07. The first-order chi connectivity index (χ1) is 18.4. The highest BCUT2D eigenvalue weighted by molar-refractivity contribution is 9.24. The second kappa shape index (κ2) is 12.2. The van der Waals surface area contributed by atoms with Gasteiger partial charge in [-0.2, -0.15) is 0 Å². The Bertz CT molecular complexity index is 1240. The van der Waals surface area contributed by atoms with Gasteiger partial charge in [0.1, 0.15) is 5.75 Å². The summed E-state index contributed by atoms with van der Waals surface area (Å²) in [7, 11) is 0.899. The van der Waals surface area contributed by atoms with Crippen LogP contribution in [-0.4, -0.2) is 48.3 Å². The summed E-state index contributed by atoms with van der Waals surface area (Å²) in [6.07, 6.45) is 0.639. The number of benzene rings is 2. The summed E-state index contributed by atoms with van der Waals surface area (Å²) in [5.74, 6) is -0.0907. The number of hydrazine groups is 1. The second-order valence-electron chi connectivity index (χ2n) is 12.3. The molecule has 0 saturated carbocycles. The van der Waals surface area contributed by atoms with Crippen molar-refractivity contribution in [3.05, 3.63) is 58.7 Å². The Labute approximate surface area is 256 Å². The highest BCUT2D eigenvalue weighted by Gasteiger charge is 2.52. The number of rotatable bonds is 7. The number of alkyl halides is 2. The molecule has 1 atom stereocenters. The van der Waals surface area contributed by atoms with Gasteiger partial charge >= 0.3 is 7.12 Å². The number of carbonyl (C=O) groups excluding carboxylic acids is 2. The van der Waals surface area contributed by atoms with Crippen LogP contribution in [0, 0.1) is 12.3 Å². The van der Waals surface area contributed by atoms with Crippen molar-refractivity contribution in [3.8, 4) is 5.75 Å². The molecule has 10 heteroatoms. The van der Waals surface area contributed by atoms with Crippen LogP contribution in [0.2, 0.25) is 0 Å². The zero-order valence-electron chi connectivity index (χ0n) is 25.1. The number of nitrogens with zero attached hydrogens (tertiary/aromatic N) is 1. The van der Waals surface area contributed by atoms with Gasteiger partial charge in [0.2, 0.25) is 0 Å². The van der Waals surface area contributed by atoms with Gasteiger partial charge in [-0.05, 0) is 81.7 Å². The van der Waals surface area contributed by atoms with Gasteiger partial charge in [0, 0.05) is 16.7 Å². The van der Waals surface area contributed by atoms with E-state index >= 15 is 0 Å². The third-order valence-corrected chi connectivity index (χ3v) is 8.95. The van der Waals surface area contributed by atoms with E-state index in [1.807, 2.05) is 47.6 Å². The molecule has 40 heavy (non-hydrogen) atoms. The standard InChI is InChI=1S/C30H41BBr2N2O5/c1-11-24(28(3,4)5)35(34-26(36)20-13-12-14-23(38-10)18(20)2)27(37)19-15-16-21(25(32)33)22(17-19)31-39-29(6,7)30(8,9)40-31/h12-17,24-25H,11H2,1-10H3,(H,34,36)/t24-/m1/s1. The van der Waals surface area contributed by atoms with Gasteiger partial charge in [-0.15, -0.1) is 0 Å². The fourth-order valence-electron chi connectivity index (χ4n) is 4.92. The summed E-state index contributed by atoms with van der Waals surface area (Å²) in [5.41, 5.74) is 4.72. The van der Waals surface area contributed by atoms with Crippen LogP contribution in [0.5, 0.6) is 5.75 Å². The lowest BCUT2D eigenvalue weighted by molar-refractivity contribution is 0.00578. The molecule has 218 valence electrons. The van der Waals surface area contributed by atoms with E-state index < -0.39 is 18.3 Å². The predicted molar refractivity (Wildman–Crippen MR) is 168 cm³/mol. The predicted octanol–water partition coefficient (Wildman–Crippen LogP) is 6.70. The minimum atomic E-state index is -0.669. The van der Waals surface area contributed by atoms with Crippen molar-refractivity contribution in [1.82, 2.24) is 10.4 Å². The molecule has 0 bridgehead atoms. The van der Waals surface area contributed by atoms with Gasteiger partial charge in [0.15, 0.2) is 0 Å². The molecule has 1 aliphatic heterocycles. The molecule has 0 unspecified atom stereocenters. The van der Waals surface area contributed by atoms with Crippen LogP contribution < -0.4 is 15.6 Å². The number of carbonyl (C=O) groups is 2. The highest BCUT2D eigenvalue weighted by atomic mass is 79.9. The SMILES string of the molecule is CC[C@@H](N(NC(=O)c1cccc(OC)c1C)C(=O)c1ccc(C(Br)Br)c(B2OC(C)(C)C(C)(C)O2)c1)C(C)(C)C. The quantitative estimate of drug-likeness (QED) is 0.200. The first-order valence-electron chi connectivity index (χ1n) is 13.5. The summed E-state index contributed by atoms with van der Waals surface area (Å²) in [6, 6.07) is 10.5. The number of halogens is 2. The van der Waals surface area contributed by atoms with Gasteiger partial charge in [-0.3, -0.25) is 15.0 Å². The van der Waals surface area contributed by atoms with E-state index in [2.05, 4.69) is 58.1 Å². The Kier molecular flexibility index (Phi) is 9.92. The summed E-state index contributed by atoms with van der Waals surface area (Å²) in [4.78, 5) is 27.8. The number of methoxy groups -OCH3 is 1. The highest BCUT2D eigenvalue weighted by Crippen LogP contribution is 2.38. The smallest absolute Gasteiger partial charge is 0.495 e. The lowest BCUT2D eigenvalue weighted by Crippen LogP contribution is -2.56. The van der Waals surface area contributed by atoms with Gasteiger partial charge < -0.3 is 14.0 Å². The Hall–Kier alpha value is -1.88. The van der Waals surface area contributed by atoms with Crippen LogP contribution >= 0.6 is 31.9 Å². The van der Waals surface area contributed by atoms with Crippen molar-refractivity contribution < 1.29 is 23.6 Å². The van der Waals surface area contributed by atoms with Gasteiger partial charge in [-0.25, -0.2) is 5.01 Å². The normalized spacial score (nSPS) is 17.1. The number of nitrogens with one attached hydrogen (secondary N) is 1. The topological polar surface area (TPSA) is 77.1 Å². The van der Waals surface area contributed by atoms with E-state index in [0.717, 1.165) is 11.0 Å². The number of amides is 2. The van der Waals surface area contributed by atoms with Gasteiger partial charge in [0.05, 0.1) is 28.1 Å². The van der Waals surface area contributed by atoms with Crippen molar-refractivity contribution >= 4 is 56.3 Å². The molecule has 1 aliphatic rings. The van der Waals surface area contributed by atoms with Crippen LogP contribution in [0.15, 0.2) is 36.4 Å². The van der Waals surface area contributed by atoms with Crippen molar-refractivity contribution in [3.63, 3.8) is 0 Å². The molecule has 0 spiro atoms. The van der Waals surface area contributed by atoms with Gasteiger partial charge in [-0.1, -0.05) is 71.7 Å². The third kappa shape index (κ3) is 6.61. The largest absolute Gasteiger partial charge is 0.496 e. The molecule has 1 N–H and O–H groups in total. The molecule has 2 amide bonds. The number of ether oxygens (including phenoxy) is 1. The van der Waals surface area contributed by atoms with Crippen LogP contribution in [0.3, 0.4) is 0 Å². The van der Waals surface area contributed by atoms with Crippen molar-refractivity contribution in [2.75, 3.05) is 7.11 Å². The number of hydrogen-bond donors (Lipinski definition) is 1.